The quantitative estimate of drug-likeness (QED) is 0.784. The SMILES string of the molecule is CCC(N)(CC)CNc1nc(C)ns1. The van der Waals surface area contributed by atoms with Crippen LogP contribution in [0.15, 0.2) is 0 Å². The van der Waals surface area contributed by atoms with Crippen LogP contribution in [-0.2, 0) is 0 Å². The summed E-state index contributed by atoms with van der Waals surface area (Å²) >= 11 is 1.38. The number of nitrogens with one attached hydrogen (secondary N) is 1. The standard InChI is InChI=1S/C9H18N4S/c1-4-9(10,5-2)6-11-8-12-7(3)13-14-8/h4-6,10H2,1-3H3,(H,11,12,13). The van der Waals surface area contributed by atoms with E-state index in [1.807, 2.05) is 6.92 Å². The van der Waals surface area contributed by atoms with Gasteiger partial charge in [0, 0.05) is 23.6 Å². The van der Waals surface area contributed by atoms with Crippen molar-refractivity contribution in [2.75, 3.05) is 11.9 Å². The van der Waals surface area contributed by atoms with E-state index >= 15 is 0 Å². The van der Waals surface area contributed by atoms with Gasteiger partial charge in [0.15, 0.2) is 0 Å². The van der Waals surface area contributed by atoms with Crippen molar-refractivity contribution >= 4 is 16.7 Å². The Morgan fingerprint density at radius 1 is 1.43 bits per heavy atom. The third-order valence-electron chi connectivity index (χ3n) is 2.53. The van der Waals surface area contributed by atoms with Crippen molar-refractivity contribution in [3.8, 4) is 0 Å². The van der Waals surface area contributed by atoms with E-state index in [-0.39, 0.29) is 5.54 Å². The van der Waals surface area contributed by atoms with E-state index < -0.39 is 0 Å². The predicted molar refractivity (Wildman–Crippen MR) is 60.6 cm³/mol. The molecule has 0 atom stereocenters. The van der Waals surface area contributed by atoms with Crippen molar-refractivity contribution in [3.05, 3.63) is 5.82 Å². The molecule has 0 aliphatic carbocycles. The lowest BCUT2D eigenvalue weighted by Crippen LogP contribution is -2.45. The molecule has 5 heteroatoms. The summed E-state index contributed by atoms with van der Waals surface area (Å²) in [5, 5.41) is 4.09. The van der Waals surface area contributed by atoms with E-state index in [0.717, 1.165) is 30.3 Å². The predicted octanol–water partition coefficient (Wildman–Crippen LogP) is 1.78. The van der Waals surface area contributed by atoms with Crippen LogP contribution in [0, 0.1) is 6.92 Å². The Kier molecular flexibility index (Phi) is 3.83. The van der Waals surface area contributed by atoms with Gasteiger partial charge < -0.3 is 11.1 Å². The average molecular weight is 214 g/mol. The lowest BCUT2D eigenvalue weighted by molar-refractivity contribution is 0.418. The van der Waals surface area contributed by atoms with Gasteiger partial charge in [-0.1, -0.05) is 13.8 Å². The molecule has 0 aromatic carbocycles. The van der Waals surface area contributed by atoms with E-state index in [9.17, 15) is 0 Å². The zero-order valence-electron chi connectivity index (χ0n) is 9.00. The number of nitrogens with two attached hydrogens (primary N) is 1. The summed E-state index contributed by atoms with van der Waals surface area (Å²) < 4.78 is 4.10. The highest BCUT2D eigenvalue weighted by Crippen LogP contribution is 2.15. The summed E-state index contributed by atoms with van der Waals surface area (Å²) in [5.41, 5.74) is 6.02. The number of aromatic nitrogens is 2. The highest BCUT2D eigenvalue weighted by atomic mass is 32.1. The molecule has 0 spiro atoms. The molecule has 0 radical (unpaired) electrons. The molecular formula is C9H18N4S. The Balaban J connectivity index is 2.47. The highest BCUT2D eigenvalue weighted by molar-refractivity contribution is 7.09. The summed E-state index contributed by atoms with van der Waals surface area (Å²) in [5.74, 6) is 0.813. The maximum absolute atomic E-state index is 6.15. The van der Waals surface area contributed by atoms with Crippen molar-refractivity contribution in [3.63, 3.8) is 0 Å². The molecule has 1 rings (SSSR count). The molecule has 0 aliphatic rings. The Morgan fingerprint density at radius 2 is 2.07 bits per heavy atom. The molecule has 14 heavy (non-hydrogen) atoms. The summed E-state index contributed by atoms with van der Waals surface area (Å²) in [4.78, 5) is 4.22. The van der Waals surface area contributed by atoms with Gasteiger partial charge in [0.2, 0.25) is 5.13 Å². The van der Waals surface area contributed by atoms with Crippen molar-refractivity contribution in [1.82, 2.24) is 9.36 Å². The van der Waals surface area contributed by atoms with Crippen molar-refractivity contribution in [2.45, 2.75) is 39.2 Å². The molecule has 80 valence electrons. The smallest absolute Gasteiger partial charge is 0.202 e. The number of nitrogens with zero attached hydrogens (tertiary/aromatic N) is 2. The van der Waals surface area contributed by atoms with E-state index in [2.05, 4.69) is 28.5 Å². The van der Waals surface area contributed by atoms with Crippen molar-refractivity contribution < 1.29 is 0 Å². The second-order valence-electron chi connectivity index (χ2n) is 3.57. The van der Waals surface area contributed by atoms with E-state index in [4.69, 9.17) is 5.73 Å². The molecule has 0 saturated heterocycles. The largest absolute Gasteiger partial charge is 0.358 e. The van der Waals surface area contributed by atoms with Gasteiger partial charge in [-0.25, -0.2) is 4.98 Å². The molecule has 1 aromatic heterocycles. The summed E-state index contributed by atoms with van der Waals surface area (Å²) in [6.45, 7) is 6.86. The number of hydrogen-bond acceptors (Lipinski definition) is 5. The molecule has 0 saturated carbocycles. The van der Waals surface area contributed by atoms with Gasteiger partial charge in [0.1, 0.15) is 5.82 Å². The first-order valence-electron chi connectivity index (χ1n) is 4.92. The molecule has 0 aliphatic heterocycles. The first-order chi connectivity index (χ1) is 6.59. The maximum Gasteiger partial charge on any atom is 0.202 e. The lowest BCUT2D eigenvalue weighted by Gasteiger charge is -2.26. The average Bonchev–Trinajstić information content (AvgIpc) is 2.61. The molecule has 3 N–H and O–H groups in total. The molecule has 0 unspecified atom stereocenters. The summed E-state index contributed by atoms with van der Waals surface area (Å²) in [7, 11) is 0. The van der Waals surface area contributed by atoms with Gasteiger partial charge in [0.25, 0.3) is 0 Å². The lowest BCUT2D eigenvalue weighted by atomic mass is 9.94. The van der Waals surface area contributed by atoms with E-state index in [0.29, 0.717) is 0 Å². The fourth-order valence-electron chi connectivity index (χ4n) is 1.12. The van der Waals surface area contributed by atoms with Crippen LogP contribution < -0.4 is 11.1 Å². The molecule has 4 nitrogen and oxygen atoms in total. The second kappa shape index (κ2) is 4.70. The molecule has 1 heterocycles. The van der Waals surface area contributed by atoms with Gasteiger partial charge in [-0.15, -0.1) is 0 Å². The minimum absolute atomic E-state index is 0.125. The second-order valence-corrected chi connectivity index (χ2v) is 4.32. The normalized spacial score (nSPS) is 11.7. The molecule has 0 fully saturated rings. The number of aryl methyl sites for hydroxylation is 1. The van der Waals surface area contributed by atoms with Crippen LogP contribution in [-0.4, -0.2) is 21.4 Å². The van der Waals surface area contributed by atoms with Gasteiger partial charge in [0.05, 0.1) is 0 Å². The Bertz CT molecular complexity index is 280. The Labute approximate surface area is 89.1 Å². The molecule has 0 bridgehead atoms. The number of hydrogen-bond donors (Lipinski definition) is 2. The van der Waals surface area contributed by atoms with Crippen molar-refractivity contribution in [1.29, 1.82) is 0 Å². The monoisotopic (exact) mass is 214 g/mol. The first kappa shape index (κ1) is 11.4. The van der Waals surface area contributed by atoms with Gasteiger partial charge >= 0.3 is 0 Å². The van der Waals surface area contributed by atoms with E-state index in [1.54, 1.807) is 0 Å². The van der Waals surface area contributed by atoms with Crippen LogP contribution in [0.5, 0.6) is 0 Å². The minimum atomic E-state index is -0.125. The minimum Gasteiger partial charge on any atom is -0.358 e. The van der Waals surface area contributed by atoms with Crippen LogP contribution in [0.1, 0.15) is 32.5 Å². The van der Waals surface area contributed by atoms with Crippen LogP contribution in [0.3, 0.4) is 0 Å². The van der Waals surface area contributed by atoms with Crippen LogP contribution >= 0.6 is 11.5 Å². The van der Waals surface area contributed by atoms with Crippen LogP contribution in [0.2, 0.25) is 0 Å². The highest BCUT2D eigenvalue weighted by Gasteiger charge is 2.20. The molecule has 1 aromatic rings. The third-order valence-corrected chi connectivity index (χ3v) is 3.29. The summed E-state index contributed by atoms with van der Waals surface area (Å²) in [6, 6.07) is 0. The van der Waals surface area contributed by atoms with Gasteiger partial charge in [-0.05, 0) is 19.8 Å². The van der Waals surface area contributed by atoms with E-state index in [1.165, 1.54) is 11.5 Å². The topological polar surface area (TPSA) is 63.8 Å². The van der Waals surface area contributed by atoms with Crippen LogP contribution in [0.4, 0.5) is 5.13 Å². The fourth-order valence-corrected chi connectivity index (χ4v) is 1.69. The van der Waals surface area contributed by atoms with Gasteiger partial charge in [-0.2, -0.15) is 4.37 Å². The third kappa shape index (κ3) is 2.92. The first-order valence-corrected chi connectivity index (χ1v) is 5.70. The summed E-state index contributed by atoms with van der Waals surface area (Å²) in [6.07, 6.45) is 1.93. The number of anilines is 1. The van der Waals surface area contributed by atoms with Crippen molar-refractivity contribution in [2.24, 2.45) is 5.73 Å². The maximum atomic E-state index is 6.15. The zero-order chi connectivity index (χ0) is 10.6. The van der Waals surface area contributed by atoms with Gasteiger partial charge in [-0.3, -0.25) is 0 Å². The molecular weight excluding hydrogens is 196 g/mol. The van der Waals surface area contributed by atoms with Crippen LogP contribution in [0.25, 0.3) is 0 Å². The number of rotatable bonds is 5. The molecule has 0 amide bonds. The zero-order valence-corrected chi connectivity index (χ0v) is 9.82. The Morgan fingerprint density at radius 3 is 2.50 bits per heavy atom. The fraction of sp³-hybridized carbons (Fsp3) is 0.778. The Hall–Kier alpha value is -0.680.